The molecule has 0 aliphatic rings. The van der Waals surface area contributed by atoms with Gasteiger partial charge in [0, 0.05) is 28.8 Å². The van der Waals surface area contributed by atoms with E-state index in [1.54, 1.807) is 36.4 Å². The van der Waals surface area contributed by atoms with E-state index in [0.29, 0.717) is 15.2 Å². The quantitative estimate of drug-likeness (QED) is 0.814. The third-order valence-electron chi connectivity index (χ3n) is 2.96. The van der Waals surface area contributed by atoms with Crippen molar-refractivity contribution in [3.8, 4) is 0 Å². The predicted molar refractivity (Wildman–Crippen MR) is 88.7 cm³/mol. The van der Waals surface area contributed by atoms with Crippen LogP contribution < -0.4 is 5.73 Å². The van der Waals surface area contributed by atoms with Crippen LogP contribution in [0.5, 0.6) is 0 Å². The van der Waals surface area contributed by atoms with Crippen LogP contribution in [-0.2, 0) is 16.6 Å². The molecule has 0 spiro atoms. The van der Waals surface area contributed by atoms with Gasteiger partial charge in [-0.05, 0) is 51.8 Å². The smallest absolute Gasteiger partial charge is 0.244 e. The summed E-state index contributed by atoms with van der Waals surface area (Å²) >= 11 is 9.07. The number of anilines is 1. The summed E-state index contributed by atoms with van der Waals surface area (Å²) in [4.78, 5) is 0.152. The molecule has 0 saturated carbocycles. The second-order valence-electron chi connectivity index (χ2n) is 4.58. The number of nitrogens with zero attached hydrogens (tertiary/aromatic N) is 1. The highest BCUT2D eigenvalue weighted by Crippen LogP contribution is 2.27. The van der Waals surface area contributed by atoms with Gasteiger partial charge in [-0.3, -0.25) is 0 Å². The van der Waals surface area contributed by atoms with E-state index in [-0.39, 0.29) is 11.4 Å². The number of hydrogen-bond acceptors (Lipinski definition) is 3. The maximum absolute atomic E-state index is 12.6. The molecule has 21 heavy (non-hydrogen) atoms. The summed E-state index contributed by atoms with van der Waals surface area (Å²) in [6.07, 6.45) is 0. The van der Waals surface area contributed by atoms with E-state index in [9.17, 15) is 8.42 Å². The highest BCUT2D eigenvalue weighted by Gasteiger charge is 2.23. The van der Waals surface area contributed by atoms with E-state index in [1.807, 2.05) is 0 Å². The second kappa shape index (κ2) is 6.36. The van der Waals surface area contributed by atoms with Crippen molar-refractivity contribution in [1.29, 1.82) is 0 Å². The van der Waals surface area contributed by atoms with Crippen molar-refractivity contribution in [1.82, 2.24) is 4.31 Å². The zero-order chi connectivity index (χ0) is 15.6. The minimum Gasteiger partial charge on any atom is -0.399 e. The lowest BCUT2D eigenvalue weighted by molar-refractivity contribution is 0.466. The van der Waals surface area contributed by atoms with Crippen molar-refractivity contribution in [2.75, 3.05) is 12.8 Å². The lowest BCUT2D eigenvalue weighted by atomic mass is 10.2. The van der Waals surface area contributed by atoms with E-state index in [1.165, 1.54) is 17.4 Å². The maximum atomic E-state index is 12.6. The molecular weight excluding hydrogens is 376 g/mol. The normalized spacial score (nSPS) is 11.8. The van der Waals surface area contributed by atoms with Gasteiger partial charge < -0.3 is 5.73 Å². The van der Waals surface area contributed by atoms with E-state index in [2.05, 4.69) is 15.9 Å². The highest BCUT2D eigenvalue weighted by molar-refractivity contribution is 9.10. The average Bonchev–Trinajstić information content (AvgIpc) is 2.43. The first-order valence-corrected chi connectivity index (χ1v) is 8.67. The molecule has 0 bridgehead atoms. The van der Waals surface area contributed by atoms with Crippen molar-refractivity contribution in [2.24, 2.45) is 0 Å². The van der Waals surface area contributed by atoms with Crippen LogP contribution in [0.4, 0.5) is 5.69 Å². The Morgan fingerprint density at radius 2 is 1.81 bits per heavy atom. The molecule has 2 aromatic carbocycles. The standard InChI is InChI=1S/C14H14BrClN2O2S/c1-18(9-10-2-4-11(16)5-3-10)21(19,20)14-8-12(17)6-7-13(14)15/h2-8H,9,17H2,1H3. The fourth-order valence-electron chi connectivity index (χ4n) is 1.82. The molecule has 0 saturated heterocycles. The molecule has 0 aliphatic heterocycles. The van der Waals surface area contributed by atoms with Crippen LogP contribution in [0.25, 0.3) is 0 Å². The zero-order valence-electron chi connectivity index (χ0n) is 11.3. The monoisotopic (exact) mass is 388 g/mol. The topological polar surface area (TPSA) is 63.4 Å². The van der Waals surface area contributed by atoms with Gasteiger partial charge in [-0.2, -0.15) is 4.31 Å². The average molecular weight is 390 g/mol. The Morgan fingerprint density at radius 3 is 2.43 bits per heavy atom. The predicted octanol–water partition coefficient (Wildman–Crippen LogP) is 3.51. The lowest BCUT2D eigenvalue weighted by Gasteiger charge is -2.18. The number of halogens is 2. The summed E-state index contributed by atoms with van der Waals surface area (Å²) < 4.78 is 26.9. The third kappa shape index (κ3) is 3.77. The van der Waals surface area contributed by atoms with Crippen LogP contribution in [0.15, 0.2) is 51.8 Å². The maximum Gasteiger partial charge on any atom is 0.244 e. The minimum absolute atomic E-state index is 0.152. The van der Waals surface area contributed by atoms with Crippen molar-refractivity contribution in [3.05, 3.63) is 57.5 Å². The molecule has 0 fully saturated rings. The Morgan fingerprint density at radius 1 is 1.19 bits per heavy atom. The van der Waals surface area contributed by atoms with Crippen LogP contribution in [-0.4, -0.2) is 19.8 Å². The SMILES string of the molecule is CN(Cc1ccc(Cl)cc1)S(=O)(=O)c1cc(N)ccc1Br. The molecule has 0 amide bonds. The summed E-state index contributed by atoms with van der Waals surface area (Å²) in [7, 11) is -2.10. The number of nitrogens with two attached hydrogens (primary N) is 1. The molecule has 2 N–H and O–H groups in total. The molecule has 0 atom stereocenters. The Kier molecular flexibility index (Phi) is 4.93. The largest absolute Gasteiger partial charge is 0.399 e. The van der Waals surface area contributed by atoms with Gasteiger partial charge in [0.2, 0.25) is 10.0 Å². The van der Waals surface area contributed by atoms with Crippen molar-refractivity contribution in [3.63, 3.8) is 0 Å². The molecule has 7 heteroatoms. The third-order valence-corrected chi connectivity index (χ3v) is 6.01. The summed E-state index contributed by atoms with van der Waals surface area (Å²) in [5.41, 5.74) is 6.93. The molecule has 4 nitrogen and oxygen atoms in total. The van der Waals surface area contributed by atoms with Crippen LogP contribution in [0.3, 0.4) is 0 Å². The van der Waals surface area contributed by atoms with Gasteiger partial charge in [-0.25, -0.2) is 8.42 Å². The fraction of sp³-hybridized carbons (Fsp3) is 0.143. The number of hydrogen-bond donors (Lipinski definition) is 1. The number of nitrogen functional groups attached to an aromatic ring is 1. The number of rotatable bonds is 4. The molecule has 0 aromatic heterocycles. The fourth-order valence-corrected chi connectivity index (χ4v) is 4.06. The lowest BCUT2D eigenvalue weighted by Crippen LogP contribution is -2.26. The summed E-state index contributed by atoms with van der Waals surface area (Å²) in [5.74, 6) is 0. The van der Waals surface area contributed by atoms with E-state index >= 15 is 0 Å². The van der Waals surface area contributed by atoms with Gasteiger partial charge in [0.15, 0.2) is 0 Å². The van der Waals surface area contributed by atoms with E-state index in [0.717, 1.165) is 5.56 Å². The van der Waals surface area contributed by atoms with Gasteiger partial charge in [-0.15, -0.1) is 0 Å². The van der Waals surface area contributed by atoms with Crippen LogP contribution in [0.2, 0.25) is 5.02 Å². The van der Waals surface area contributed by atoms with Gasteiger partial charge in [0.1, 0.15) is 0 Å². The number of benzene rings is 2. The summed E-state index contributed by atoms with van der Waals surface area (Å²) in [6, 6.07) is 11.8. The van der Waals surface area contributed by atoms with Crippen molar-refractivity contribution < 1.29 is 8.42 Å². The summed E-state index contributed by atoms with van der Waals surface area (Å²) in [5, 5.41) is 0.614. The molecule has 0 heterocycles. The van der Waals surface area contributed by atoms with Crippen molar-refractivity contribution in [2.45, 2.75) is 11.4 Å². The first kappa shape index (κ1) is 16.3. The first-order valence-electron chi connectivity index (χ1n) is 6.06. The molecule has 0 unspecified atom stereocenters. The van der Waals surface area contributed by atoms with Gasteiger partial charge in [-0.1, -0.05) is 23.7 Å². The molecule has 2 rings (SSSR count). The minimum atomic E-state index is -3.63. The molecule has 112 valence electrons. The van der Waals surface area contributed by atoms with Crippen LogP contribution >= 0.6 is 27.5 Å². The molecule has 0 radical (unpaired) electrons. The molecular formula is C14H14BrClN2O2S. The summed E-state index contributed by atoms with van der Waals surface area (Å²) in [6.45, 7) is 0.251. The Labute approximate surface area is 137 Å². The van der Waals surface area contributed by atoms with E-state index < -0.39 is 10.0 Å². The first-order chi connectivity index (χ1) is 9.80. The Hall–Kier alpha value is -1.08. The molecule has 0 aliphatic carbocycles. The van der Waals surface area contributed by atoms with Gasteiger partial charge >= 0.3 is 0 Å². The second-order valence-corrected chi connectivity index (χ2v) is 7.88. The number of sulfonamides is 1. The van der Waals surface area contributed by atoms with E-state index in [4.69, 9.17) is 17.3 Å². The van der Waals surface area contributed by atoms with Gasteiger partial charge in [0.05, 0.1) is 4.90 Å². The Bertz CT molecular complexity index is 748. The highest BCUT2D eigenvalue weighted by atomic mass is 79.9. The van der Waals surface area contributed by atoms with Crippen molar-refractivity contribution >= 4 is 43.2 Å². The van der Waals surface area contributed by atoms with Gasteiger partial charge in [0.25, 0.3) is 0 Å². The zero-order valence-corrected chi connectivity index (χ0v) is 14.4. The van der Waals surface area contributed by atoms with Crippen LogP contribution in [0.1, 0.15) is 5.56 Å². The Balaban J connectivity index is 2.30. The van der Waals surface area contributed by atoms with Crippen LogP contribution in [0, 0.1) is 0 Å². The molecule has 2 aromatic rings.